The molecule has 16 heavy (non-hydrogen) atoms. The van der Waals surface area contributed by atoms with Gasteiger partial charge in [-0.3, -0.25) is 4.90 Å². The van der Waals surface area contributed by atoms with Gasteiger partial charge in [0.25, 0.3) is 0 Å². The number of thiophene rings is 1. The summed E-state index contributed by atoms with van der Waals surface area (Å²) in [6.45, 7) is 7.75. The molecule has 2 heterocycles. The molecule has 0 aliphatic carbocycles. The Bertz CT molecular complexity index is 340. The predicted molar refractivity (Wildman–Crippen MR) is 65.9 cm³/mol. The van der Waals surface area contributed by atoms with Crippen LogP contribution in [0, 0.1) is 6.92 Å². The SMILES string of the molecule is CCN1CCOC(C(O)c2ccc(C)s2)C1. The van der Waals surface area contributed by atoms with E-state index in [0.29, 0.717) is 0 Å². The molecule has 1 saturated heterocycles. The third-order valence-corrected chi connectivity index (χ3v) is 4.10. The van der Waals surface area contributed by atoms with Crippen molar-refractivity contribution >= 4 is 11.3 Å². The van der Waals surface area contributed by atoms with Crippen LogP contribution in [0.5, 0.6) is 0 Å². The van der Waals surface area contributed by atoms with Crippen molar-refractivity contribution in [3.63, 3.8) is 0 Å². The fraction of sp³-hybridized carbons (Fsp3) is 0.667. The molecule has 1 aliphatic heterocycles. The fourth-order valence-corrected chi connectivity index (χ4v) is 2.92. The van der Waals surface area contributed by atoms with Gasteiger partial charge in [0.15, 0.2) is 0 Å². The summed E-state index contributed by atoms with van der Waals surface area (Å²) < 4.78 is 5.65. The lowest BCUT2D eigenvalue weighted by Crippen LogP contribution is -2.44. The summed E-state index contributed by atoms with van der Waals surface area (Å²) in [7, 11) is 0. The van der Waals surface area contributed by atoms with Crippen LogP contribution in [0.2, 0.25) is 0 Å². The van der Waals surface area contributed by atoms with Crippen molar-refractivity contribution in [2.45, 2.75) is 26.1 Å². The number of hydrogen-bond acceptors (Lipinski definition) is 4. The molecule has 1 aromatic rings. The van der Waals surface area contributed by atoms with Gasteiger partial charge in [-0.25, -0.2) is 0 Å². The highest BCUT2D eigenvalue weighted by molar-refractivity contribution is 7.12. The van der Waals surface area contributed by atoms with E-state index in [2.05, 4.69) is 18.7 Å². The molecule has 0 radical (unpaired) electrons. The minimum Gasteiger partial charge on any atom is -0.385 e. The number of hydrogen-bond donors (Lipinski definition) is 1. The first-order valence-corrected chi connectivity index (χ1v) is 6.60. The molecule has 1 fully saturated rings. The van der Waals surface area contributed by atoms with Gasteiger partial charge in [0.1, 0.15) is 12.2 Å². The van der Waals surface area contributed by atoms with Crippen LogP contribution in [0.3, 0.4) is 0 Å². The smallest absolute Gasteiger partial charge is 0.115 e. The Balaban J connectivity index is 2.01. The number of rotatable bonds is 3. The summed E-state index contributed by atoms with van der Waals surface area (Å²) in [5.41, 5.74) is 0. The molecule has 0 spiro atoms. The maximum atomic E-state index is 10.2. The zero-order chi connectivity index (χ0) is 11.5. The Kier molecular flexibility index (Phi) is 3.97. The summed E-state index contributed by atoms with van der Waals surface area (Å²) in [4.78, 5) is 4.57. The van der Waals surface area contributed by atoms with Gasteiger partial charge >= 0.3 is 0 Å². The number of aryl methyl sites for hydroxylation is 1. The molecule has 2 unspecified atom stereocenters. The summed E-state index contributed by atoms with van der Waals surface area (Å²) in [6, 6.07) is 4.04. The third kappa shape index (κ3) is 2.63. The van der Waals surface area contributed by atoms with E-state index < -0.39 is 6.10 Å². The van der Waals surface area contributed by atoms with Crippen molar-refractivity contribution in [2.75, 3.05) is 26.2 Å². The van der Waals surface area contributed by atoms with Crippen molar-refractivity contribution in [1.82, 2.24) is 4.90 Å². The summed E-state index contributed by atoms with van der Waals surface area (Å²) in [6.07, 6.45) is -0.556. The zero-order valence-corrected chi connectivity index (χ0v) is 10.7. The molecular weight excluding hydrogens is 222 g/mol. The van der Waals surface area contributed by atoms with Crippen LogP contribution in [0.15, 0.2) is 12.1 Å². The van der Waals surface area contributed by atoms with Gasteiger partial charge in [0.05, 0.1) is 6.61 Å². The number of likely N-dealkylation sites (N-methyl/N-ethyl adjacent to an activating group) is 1. The summed E-state index contributed by atoms with van der Waals surface area (Å²) >= 11 is 1.65. The zero-order valence-electron chi connectivity index (χ0n) is 9.85. The molecule has 0 aromatic carbocycles. The van der Waals surface area contributed by atoms with Crippen molar-refractivity contribution in [3.8, 4) is 0 Å². The van der Waals surface area contributed by atoms with Gasteiger partial charge in [-0.1, -0.05) is 6.92 Å². The standard InChI is InChI=1S/C12H19NO2S/c1-3-13-6-7-15-10(8-13)12(14)11-5-4-9(2)16-11/h4-5,10,12,14H,3,6-8H2,1-2H3. The lowest BCUT2D eigenvalue weighted by atomic mass is 10.1. The van der Waals surface area contributed by atoms with Crippen LogP contribution in [-0.2, 0) is 4.74 Å². The lowest BCUT2D eigenvalue weighted by molar-refractivity contribution is -0.0878. The van der Waals surface area contributed by atoms with E-state index in [-0.39, 0.29) is 6.10 Å². The first-order chi connectivity index (χ1) is 7.70. The van der Waals surface area contributed by atoms with Crippen molar-refractivity contribution in [1.29, 1.82) is 0 Å². The van der Waals surface area contributed by atoms with Gasteiger partial charge in [-0.2, -0.15) is 0 Å². The quantitative estimate of drug-likeness (QED) is 0.876. The molecule has 90 valence electrons. The lowest BCUT2D eigenvalue weighted by Gasteiger charge is -2.34. The van der Waals surface area contributed by atoms with Gasteiger partial charge in [-0.15, -0.1) is 11.3 Å². The fourth-order valence-electron chi connectivity index (χ4n) is 2.01. The van der Waals surface area contributed by atoms with E-state index in [1.54, 1.807) is 11.3 Å². The van der Waals surface area contributed by atoms with E-state index in [9.17, 15) is 5.11 Å². The van der Waals surface area contributed by atoms with Gasteiger partial charge in [0, 0.05) is 22.8 Å². The second kappa shape index (κ2) is 5.27. The molecule has 2 atom stereocenters. The summed E-state index contributed by atoms with van der Waals surface area (Å²) in [5, 5.41) is 10.2. The topological polar surface area (TPSA) is 32.7 Å². The van der Waals surface area contributed by atoms with Gasteiger partial charge in [-0.05, 0) is 25.6 Å². The molecule has 0 bridgehead atoms. The average molecular weight is 241 g/mol. The largest absolute Gasteiger partial charge is 0.385 e. The van der Waals surface area contributed by atoms with Crippen LogP contribution in [0.25, 0.3) is 0 Å². The first kappa shape index (κ1) is 12.0. The maximum Gasteiger partial charge on any atom is 0.115 e. The monoisotopic (exact) mass is 241 g/mol. The molecule has 4 heteroatoms. The van der Waals surface area contributed by atoms with E-state index in [1.165, 1.54) is 4.88 Å². The molecule has 3 nitrogen and oxygen atoms in total. The van der Waals surface area contributed by atoms with Crippen LogP contribution in [0.1, 0.15) is 22.8 Å². The molecule has 1 aliphatic rings. The van der Waals surface area contributed by atoms with Crippen molar-refractivity contribution < 1.29 is 9.84 Å². The van der Waals surface area contributed by atoms with Crippen LogP contribution in [-0.4, -0.2) is 42.4 Å². The minimum absolute atomic E-state index is 0.0771. The Morgan fingerprint density at radius 2 is 2.44 bits per heavy atom. The van der Waals surface area contributed by atoms with E-state index >= 15 is 0 Å². The molecule has 2 rings (SSSR count). The van der Waals surface area contributed by atoms with Crippen LogP contribution >= 0.6 is 11.3 Å². The van der Waals surface area contributed by atoms with E-state index in [4.69, 9.17) is 4.74 Å². The maximum absolute atomic E-state index is 10.2. The number of aliphatic hydroxyl groups is 1. The highest BCUT2D eigenvalue weighted by Gasteiger charge is 2.27. The van der Waals surface area contributed by atoms with Gasteiger partial charge < -0.3 is 9.84 Å². The Labute approximate surface area is 101 Å². The highest BCUT2D eigenvalue weighted by Crippen LogP contribution is 2.27. The highest BCUT2D eigenvalue weighted by atomic mass is 32.1. The van der Waals surface area contributed by atoms with Crippen molar-refractivity contribution in [2.24, 2.45) is 0 Å². The number of nitrogens with zero attached hydrogens (tertiary/aromatic N) is 1. The number of aliphatic hydroxyl groups excluding tert-OH is 1. The Hall–Kier alpha value is -0.420. The minimum atomic E-state index is -0.479. The second-order valence-electron chi connectivity index (χ2n) is 4.20. The molecule has 1 aromatic heterocycles. The third-order valence-electron chi connectivity index (χ3n) is 3.03. The Morgan fingerprint density at radius 1 is 1.62 bits per heavy atom. The van der Waals surface area contributed by atoms with Crippen molar-refractivity contribution in [3.05, 3.63) is 21.9 Å². The second-order valence-corrected chi connectivity index (χ2v) is 5.52. The summed E-state index contributed by atoms with van der Waals surface area (Å²) in [5.74, 6) is 0. The first-order valence-electron chi connectivity index (χ1n) is 5.79. The average Bonchev–Trinajstić information content (AvgIpc) is 2.75. The number of morpholine rings is 1. The number of ether oxygens (including phenoxy) is 1. The van der Waals surface area contributed by atoms with E-state index in [0.717, 1.165) is 31.1 Å². The molecule has 0 amide bonds. The van der Waals surface area contributed by atoms with Crippen LogP contribution < -0.4 is 0 Å². The van der Waals surface area contributed by atoms with E-state index in [1.807, 2.05) is 12.1 Å². The van der Waals surface area contributed by atoms with Gasteiger partial charge in [0.2, 0.25) is 0 Å². The molecule has 1 N–H and O–H groups in total. The molecule has 0 saturated carbocycles. The van der Waals surface area contributed by atoms with Crippen LogP contribution in [0.4, 0.5) is 0 Å². The Morgan fingerprint density at radius 3 is 3.06 bits per heavy atom. The normalized spacial score (nSPS) is 24.6. The predicted octanol–water partition coefficient (Wildman–Crippen LogP) is 1.81. The molecular formula is C12H19NO2S.